The smallest absolute Gasteiger partial charge is 0.237 e. The predicted molar refractivity (Wildman–Crippen MR) is 82.2 cm³/mol. The summed E-state index contributed by atoms with van der Waals surface area (Å²) in [5, 5.41) is 2.93. The van der Waals surface area contributed by atoms with Crippen LogP contribution < -0.4 is 16.8 Å². The second-order valence-corrected chi connectivity index (χ2v) is 4.98. The highest BCUT2D eigenvalue weighted by atomic mass is 32.1. The number of rotatable bonds is 8. The van der Waals surface area contributed by atoms with Gasteiger partial charge in [0.25, 0.3) is 0 Å². The number of carbonyl (C=O) groups is 1. The molecule has 106 valence electrons. The molecule has 4 nitrogen and oxygen atoms in total. The monoisotopic (exact) mass is 281 g/mol. The fourth-order valence-corrected chi connectivity index (χ4v) is 2.12. The van der Waals surface area contributed by atoms with E-state index in [4.69, 9.17) is 11.5 Å². The lowest BCUT2D eigenvalue weighted by Gasteiger charge is -2.19. The van der Waals surface area contributed by atoms with Gasteiger partial charge in [-0.05, 0) is 31.4 Å². The predicted octanol–water partition coefficient (Wildman–Crippen LogP) is 0.710. The minimum atomic E-state index is -0.525. The topological polar surface area (TPSA) is 81.1 Å². The number of nitrogens with two attached hydrogens (primary N) is 2. The molecule has 1 aromatic carbocycles. The molecule has 0 aliphatic heterocycles. The first-order chi connectivity index (χ1) is 9.17. The summed E-state index contributed by atoms with van der Waals surface area (Å²) in [7, 11) is 0. The number of amides is 1. The Hall–Kier alpha value is -1.04. The number of hydrogen-bond acceptors (Lipinski definition) is 4. The van der Waals surface area contributed by atoms with Gasteiger partial charge in [-0.3, -0.25) is 4.79 Å². The first kappa shape index (κ1) is 16.0. The van der Waals surface area contributed by atoms with Gasteiger partial charge < -0.3 is 16.8 Å². The van der Waals surface area contributed by atoms with Crippen molar-refractivity contribution in [3.05, 3.63) is 35.9 Å². The molecule has 0 saturated heterocycles. The lowest BCUT2D eigenvalue weighted by molar-refractivity contribution is -0.122. The lowest BCUT2D eigenvalue weighted by Crippen LogP contribution is -2.47. The van der Waals surface area contributed by atoms with Crippen molar-refractivity contribution in [3.63, 3.8) is 0 Å². The van der Waals surface area contributed by atoms with E-state index in [9.17, 15) is 4.79 Å². The summed E-state index contributed by atoms with van der Waals surface area (Å²) in [6.45, 7) is 0.621. The van der Waals surface area contributed by atoms with Gasteiger partial charge in [-0.2, -0.15) is 12.6 Å². The van der Waals surface area contributed by atoms with E-state index in [1.807, 2.05) is 30.3 Å². The Balaban J connectivity index is 2.43. The summed E-state index contributed by atoms with van der Waals surface area (Å²) in [6.07, 6.45) is 2.26. The molecule has 1 aromatic rings. The Morgan fingerprint density at radius 3 is 2.58 bits per heavy atom. The highest BCUT2D eigenvalue weighted by Gasteiger charge is 2.17. The molecule has 0 fully saturated rings. The van der Waals surface area contributed by atoms with Crippen molar-refractivity contribution >= 4 is 18.5 Å². The van der Waals surface area contributed by atoms with Crippen LogP contribution in [0.1, 0.15) is 18.4 Å². The van der Waals surface area contributed by atoms with Gasteiger partial charge in [0.15, 0.2) is 0 Å². The third-order valence-electron chi connectivity index (χ3n) is 2.96. The third-order valence-corrected chi connectivity index (χ3v) is 3.40. The van der Waals surface area contributed by atoms with Gasteiger partial charge in [-0.1, -0.05) is 30.3 Å². The maximum atomic E-state index is 12.0. The maximum absolute atomic E-state index is 12.0. The SMILES string of the molecule is NCCC[C@@H](CS)NC(=O)[C@H](N)Cc1ccccc1. The Morgan fingerprint density at radius 2 is 2.00 bits per heavy atom. The molecule has 0 aromatic heterocycles. The van der Waals surface area contributed by atoms with Crippen molar-refractivity contribution in [2.24, 2.45) is 11.5 Å². The van der Waals surface area contributed by atoms with E-state index in [0.29, 0.717) is 18.7 Å². The van der Waals surface area contributed by atoms with Crippen LogP contribution >= 0.6 is 12.6 Å². The summed E-state index contributed by atoms with van der Waals surface area (Å²) in [6, 6.07) is 9.28. The first-order valence-corrected chi connectivity index (χ1v) is 7.21. The second-order valence-electron chi connectivity index (χ2n) is 4.62. The molecule has 1 rings (SSSR count). The number of hydrogen-bond donors (Lipinski definition) is 4. The third kappa shape index (κ3) is 6.09. The lowest BCUT2D eigenvalue weighted by atomic mass is 10.1. The quantitative estimate of drug-likeness (QED) is 0.530. The Labute approximate surface area is 120 Å². The van der Waals surface area contributed by atoms with Crippen molar-refractivity contribution < 1.29 is 4.79 Å². The summed E-state index contributed by atoms with van der Waals surface area (Å²) in [5.41, 5.74) is 12.4. The van der Waals surface area contributed by atoms with E-state index in [1.165, 1.54) is 0 Å². The van der Waals surface area contributed by atoms with E-state index in [2.05, 4.69) is 17.9 Å². The number of thiol groups is 1. The average Bonchev–Trinajstić information content (AvgIpc) is 2.44. The van der Waals surface area contributed by atoms with Gasteiger partial charge in [-0.15, -0.1) is 0 Å². The second kappa shape index (κ2) is 8.96. The molecule has 0 unspecified atom stereocenters. The average molecular weight is 281 g/mol. The minimum Gasteiger partial charge on any atom is -0.351 e. The molecule has 0 spiro atoms. The van der Waals surface area contributed by atoms with Crippen molar-refractivity contribution in [1.82, 2.24) is 5.32 Å². The van der Waals surface area contributed by atoms with Gasteiger partial charge in [0.1, 0.15) is 0 Å². The molecule has 1 amide bonds. The Kier molecular flexibility index (Phi) is 7.55. The summed E-state index contributed by atoms with van der Waals surface area (Å²) in [4.78, 5) is 12.0. The van der Waals surface area contributed by atoms with E-state index >= 15 is 0 Å². The van der Waals surface area contributed by atoms with Crippen LogP contribution in [0.25, 0.3) is 0 Å². The molecule has 0 bridgehead atoms. The molecule has 0 radical (unpaired) electrons. The Morgan fingerprint density at radius 1 is 1.32 bits per heavy atom. The molecule has 0 aliphatic carbocycles. The zero-order chi connectivity index (χ0) is 14.1. The van der Waals surface area contributed by atoms with Crippen LogP contribution in [-0.2, 0) is 11.2 Å². The van der Waals surface area contributed by atoms with Crippen LogP contribution in [0.2, 0.25) is 0 Å². The van der Waals surface area contributed by atoms with Crippen molar-refractivity contribution in [1.29, 1.82) is 0 Å². The van der Waals surface area contributed by atoms with Crippen LogP contribution in [0.4, 0.5) is 0 Å². The summed E-state index contributed by atoms with van der Waals surface area (Å²) >= 11 is 4.23. The zero-order valence-corrected chi connectivity index (χ0v) is 12.0. The fourth-order valence-electron chi connectivity index (χ4n) is 1.84. The highest BCUT2D eigenvalue weighted by molar-refractivity contribution is 7.80. The molecule has 0 heterocycles. The Bertz CT molecular complexity index is 372. The van der Waals surface area contributed by atoms with E-state index in [-0.39, 0.29) is 11.9 Å². The molecule has 5 heteroatoms. The van der Waals surface area contributed by atoms with Gasteiger partial charge in [0.2, 0.25) is 5.91 Å². The van der Waals surface area contributed by atoms with Gasteiger partial charge >= 0.3 is 0 Å². The summed E-state index contributed by atoms with van der Waals surface area (Å²) in [5.74, 6) is 0.476. The van der Waals surface area contributed by atoms with Crippen LogP contribution in [-0.4, -0.2) is 30.3 Å². The number of benzene rings is 1. The van der Waals surface area contributed by atoms with E-state index in [1.54, 1.807) is 0 Å². The minimum absolute atomic E-state index is 0.0428. The highest BCUT2D eigenvalue weighted by Crippen LogP contribution is 2.04. The standard InChI is InChI=1S/C14H23N3OS/c15-8-4-7-12(10-19)17-14(18)13(16)9-11-5-2-1-3-6-11/h1-3,5-6,12-13,19H,4,7-10,15-16H2,(H,17,18)/t12-,13+/m0/s1. The summed E-state index contributed by atoms with van der Waals surface area (Å²) < 4.78 is 0. The number of carbonyl (C=O) groups excluding carboxylic acids is 1. The van der Waals surface area contributed by atoms with Crippen molar-refractivity contribution in [3.8, 4) is 0 Å². The first-order valence-electron chi connectivity index (χ1n) is 6.58. The van der Waals surface area contributed by atoms with Gasteiger partial charge in [-0.25, -0.2) is 0 Å². The van der Waals surface area contributed by atoms with Gasteiger partial charge in [0, 0.05) is 11.8 Å². The molecular weight excluding hydrogens is 258 g/mol. The van der Waals surface area contributed by atoms with Crippen LogP contribution in [0.3, 0.4) is 0 Å². The molecular formula is C14H23N3OS. The van der Waals surface area contributed by atoms with E-state index in [0.717, 1.165) is 18.4 Å². The molecule has 2 atom stereocenters. The normalized spacial score (nSPS) is 13.8. The molecule has 0 saturated carbocycles. The van der Waals surface area contributed by atoms with Crippen LogP contribution in [0.15, 0.2) is 30.3 Å². The van der Waals surface area contributed by atoms with Gasteiger partial charge in [0.05, 0.1) is 6.04 Å². The maximum Gasteiger partial charge on any atom is 0.237 e. The largest absolute Gasteiger partial charge is 0.351 e. The number of nitrogens with one attached hydrogen (secondary N) is 1. The zero-order valence-electron chi connectivity index (χ0n) is 11.1. The fraction of sp³-hybridized carbons (Fsp3) is 0.500. The van der Waals surface area contributed by atoms with Crippen LogP contribution in [0, 0.1) is 0 Å². The van der Waals surface area contributed by atoms with Crippen molar-refractivity contribution in [2.75, 3.05) is 12.3 Å². The molecule has 5 N–H and O–H groups in total. The van der Waals surface area contributed by atoms with Crippen LogP contribution in [0.5, 0.6) is 0 Å². The molecule has 19 heavy (non-hydrogen) atoms. The van der Waals surface area contributed by atoms with E-state index < -0.39 is 6.04 Å². The van der Waals surface area contributed by atoms with Crippen molar-refractivity contribution in [2.45, 2.75) is 31.3 Å². The molecule has 0 aliphatic rings.